The van der Waals surface area contributed by atoms with E-state index in [-0.39, 0.29) is 11.9 Å². The van der Waals surface area contributed by atoms with E-state index in [2.05, 4.69) is 26.1 Å². The van der Waals surface area contributed by atoms with E-state index in [0.717, 1.165) is 25.1 Å². The summed E-state index contributed by atoms with van der Waals surface area (Å²) in [6.07, 6.45) is 2.03. The highest BCUT2D eigenvalue weighted by Gasteiger charge is 2.33. The van der Waals surface area contributed by atoms with Crippen molar-refractivity contribution < 1.29 is 4.79 Å². The molecule has 3 atom stereocenters. The summed E-state index contributed by atoms with van der Waals surface area (Å²) in [7, 11) is 0. The lowest BCUT2D eigenvalue weighted by Gasteiger charge is -2.24. The van der Waals surface area contributed by atoms with Gasteiger partial charge in [0.1, 0.15) is 0 Å². The summed E-state index contributed by atoms with van der Waals surface area (Å²) >= 11 is 0. The third-order valence-corrected chi connectivity index (χ3v) is 4.23. The molecule has 1 aromatic rings. The number of nitrogens with zero attached hydrogens (tertiary/aromatic N) is 1. The molecule has 0 bridgehead atoms. The lowest BCUT2D eigenvalue weighted by molar-refractivity contribution is -0.119. The van der Waals surface area contributed by atoms with Gasteiger partial charge in [-0.25, -0.2) is 0 Å². The summed E-state index contributed by atoms with van der Waals surface area (Å²) in [5, 5.41) is 3.49. The second-order valence-electron chi connectivity index (χ2n) is 5.51. The van der Waals surface area contributed by atoms with Crippen LogP contribution in [-0.4, -0.2) is 24.5 Å². The molecule has 1 saturated heterocycles. The van der Waals surface area contributed by atoms with Crippen LogP contribution in [0.5, 0.6) is 0 Å². The standard InChI is InChI=1S/C16H24N2O/c1-4-12(2)13(3)17-15-10-11-18(16(15)19)14-8-6-5-7-9-14/h5-9,12-13,15,17H,4,10-11H2,1-3H3/t12-,13+,15-/m0/s1. The first-order valence-corrected chi connectivity index (χ1v) is 7.26. The smallest absolute Gasteiger partial charge is 0.244 e. The van der Waals surface area contributed by atoms with Crippen LogP contribution in [0.25, 0.3) is 0 Å². The van der Waals surface area contributed by atoms with Crippen LogP contribution in [-0.2, 0) is 4.79 Å². The van der Waals surface area contributed by atoms with Gasteiger partial charge in [-0.1, -0.05) is 38.5 Å². The first-order chi connectivity index (χ1) is 9.13. The molecule has 1 aromatic carbocycles. The van der Waals surface area contributed by atoms with E-state index < -0.39 is 0 Å². The highest BCUT2D eigenvalue weighted by Crippen LogP contribution is 2.22. The van der Waals surface area contributed by atoms with Gasteiger partial charge in [0.25, 0.3) is 0 Å². The summed E-state index contributed by atoms with van der Waals surface area (Å²) < 4.78 is 0. The van der Waals surface area contributed by atoms with E-state index in [1.165, 1.54) is 0 Å². The van der Waals surface area contributed by atoms with Gasteiger partial charge in [0.2, 0.25) is 5.91 Å². The van der Waals surface area contributed by atoms with Crippen molar-refractivity contribution in [1.82, 2.24) is 5.32 Å². The number of benzene rings is 1. The fourth-order valence-corrected chi connectivity index (χ4v) is 2.53. The average molecular weight is 260 g/mol. The number of rotatable bonds is 5. The fourth-order valence-electron chi connectivity index (χ4n) is 2.53. The largest absolute Gasteiger partial charge is 0.311 e. The minimum absolute atomic E-state index is 0.0239. The molecule has 0 radical (unpaired) electrons. The summed E-state index contributed by atoms with van der Waals surface area (Å²) in [5.41, 5.74) is 1.01. The van der Waals surface area contributed by atoms with Crippen molar-refractivity contribution in [3.05, 3.63) is 30.3 Å². The molecular formula is C16H24N2O. The molecule has 19 heavy (non-hydrogen) atoms. The molecule has 1 aliphatic heterocycles. The number of hydrogen-bond donors (Lipinski definition) is 1. The average Bonchev–Trinajstić information content (AvgIpc) is 2.80. The van der Waals surface area contributed by atoms with Crippen molar-refractivity contribution in [2.45, 2.75) is 45.7 Å². The summed E-state index contributed by atoms with van der Waals surface area (Å²) in [5.74, 6) is 0.805. The molecule has 0 spiro atoms. The van der Waals surface area contributed by atoms with Crippen molar-refractivity contribution in [3.8, 4) is 0 Å². The molecule has 2 rings (SSSR count). The third-order valence-electron chi connectivity index (χ3n) is 4.23. The van der Waals surface area contributed by atoms with Crippen LogP contribution >= 0.6 is 0 Å². The zero-order chi connectivity index (χ0) is 13.8. The molecule has 0 unspecified atom stereocenters. The molecule has 1 heterocycles. The molecule has 0 saturated carbocycles. The highest BCUT2D eigenvalue weighted by molar-refractivity contribution is 5.99. The fraction of sp³-hybridized carbons (Fsp3) is 0.562. The van der Waals surface area contributed by atoms with Gasteiger partial charge >= 0.3 is 0 Å². The zero-order valence-electron chi connectivity index (χ0n) is 12.1. The topological polar surface area (TPSA) is 32.3 Å². The predicted octanol–water partition coefficient (Wildman–Crippen LogP) is 2.82. The Morgan fingerprint density at radius 2 is 2.00 bits per heavy atom. The van der Waals surface area contributed by atoms with Gasteiger partial charge in [0.15, 0.2) is 0 Å². The molecule has 3 nitrogen and oxygen atoms in total. The summed E-state index contributed by atoms with van der Waals surface area (Å²) in [6.45, 7) is 7.40. The molecule has 1 amide bonds. The Hall–Kier alpha value is -1.35. The van der Waals surface area contributed by atoms with Gasteiger partial charge in [-0.2, -0.15) is 0 Å². The Labute approximate surface area is 116 Å². The van der Waals surface area contributed by atoms with Crippen LogP contribution in [0.2, 0.25) is 0 Å². The molecule has 104 valence electrons. The number of carbonyl (C=O) groups excluding carboxylic acids is 1. The molecule has 0 aromatic heterocycles. The number of anilines is 1. The van der Waals surface area contributed by atoms with Gasteiger partial charge in [0, 0.05) is 18.3 Å². The normalized spacial score (nSPS) is 22.6. The Morgan fingerprint density at radius 3 is 2.63 bits per heavy atom. The number of amides is 1. The van der Waals surface area contributed by atoms with Crippen LogP contribution in [0.3, 0.4) is 0 Å². The Morgan fingerprint density at radius 1 is 1.32 bits per heavy atom. The second-order valence-corrected chi connectivity index (χ2v) is 5.51. The molecule has 1 aliphatic rings. The summed E-state index contributed by atoms with van der Waals surface area (Å²) in [4.78, 5) is 14.3. The van der Waals surface area contributed by atoms with Crippen molar-refractivity contribution in [1.29, 1.82) is 0 Å². The highest BCUT2D eigenvalue weighted by atomic mass is 16.2. The van der Waals surface area contributed by atoms with Crippen LogP contribution in [0.4, 0.5) is 5.69 Å². The number of hydrogen-bond acceptors (Lipinski definition) is 2. The monoisotopic (exact) mass is 260 g/mol. The predicted molar refractivity (Wildman–Crippen MR) is 79.3 cm³/mol. The van der Waals surface area contributed by atoms with Gasteiger partial charge in [-0.05, 0) is 31.4 Å². The number of nitrogens with one attached hydrogen (secondary N) is 1. The van der Waals surface area contributed by atoms with Gasteiger partial charge in [0.05, 0.1) is 6.04 Å². The van der Waals surface area contributed by atoms with Gasteiger partial charge in [-0.15, -0.1) is 0 Å². The third kappa shape index (κ3) is 3.16. The zero-order valence-corrected chi connectivity index (χ0v) is 12.1. The maximum absolute atomic E-state index is 12.4. The van der Waals surface area contributed by atoms with Crippen LogP contribution < -0.4 is 10.2 Å². The molecule has 1 N–H and O–H groups in total. The SMILES string of the molecule is CC[C@H](C)[C@@H](C)N[C@H]1CCN(c2ccccc2)C1=O. The minimum atomic E-state index is -0.0239. The van der Waals surface area contributed by atoms with Crippen molar-refractivity contribution >= 4 is 11.6 Å². The first kappa shape index (κ1) is 14.1. The van der Waals surface area contributed by atoms with Crippen molar-refractivity contribution in [3.63, 3.8) is 0 Å². The molecule has 3 heteroatoms. The van der Waals surface area contributed by atoms with Crippen molar-refractivity contribution in [2.24, 2.45) is 5.92 Å². The van der Waals surface area contributed by atoms with E-state index in [1.807, 2.05) is 35.2 Å². The van der Waals surface area contributed by atoms with Crippen LogP contribution in [0.1, 0.15) is 33.6 Å². The Balaban J connectivity index is 1.99. The van der Waals surface area contributed by atoms with Crippen LogP contribution in [0, 0.1) is 5.92 Å². The van der Waals surface area contributed by atoms with Gasteiger partial charge < -0.3 is 10.2 Å². The lowest BCUT2D eigenvalue weighted by atomic mass is 10.00. The maximum Gasteiger partial charge on any atom is 0.244 e. The Bertz CT molecular complexity index is 418. The molecular weight excluding hydrogens is 236 g/mol. The van der Waals surface area contributed by atoms with E-state index in [9.17, 15) is 4.79 Å². The lowest BCUT2D eigenvalue weighted by Crippen LogP contribution is -2.44. The number of para-hydroxylation sites is 1. The molecule has 1 fully saturated rings. The second kappa shape index (κ2) is 6.20. The number of carbonyl (C=O) groups is 1. The van der Waals surface area contributed by atoms with E-state index >= 15 is 0 Å². The minimum Gasteiger partial charge on any atom is -0.311 e. The quantitative estimate of drug-likeness (QED) is 0.883. The maximum atomic E-state index is 12.4. The van der Waals surface area contributed by atoms with Crippen LogP contribution in [0.15, 0.2) is 30.3 Å². The molecule has 0 aliphatic carbocycles. The Kier molecular flexibility index (Phi) is 4.59. The summed E-state index contributed by atoms with van der Waals surface area (Å²) in [6, 6.07) is 10.3. The first-order valence-electron chi connectivity index (χ1n) is 7.26. The van der Waals surface area contributed by atoms with Crippen molar-refractivity contribution in [2.75, 3.05) is 11.4 Å². The van der Waals surface area contributed by atoms with E-state index in [0.29, 0.717) is 12.0 Å². The van der Waals surface area contributed by atoms with Gasteiger partial charge in [-0.3, -0.25) is 4.79 Å². The van der Waals surface area contributed by atoms with E-state index in [1.54, 1.807) is 0 Å². The van der Waals surface area contributed by atoms with E-state index in [4.69, 9.17) is 0 Å².